The number of anilines is 1. The number of carbonyl (C=O) groups is 1. The second-order valence-electron chi connectivity index (χ2n) is 3.95. The van der Waals surface area contributed by atoms with Crippen molar-refractivity contribution in [2.45, 2.75) is 13.3 Å². The average Bonchev–Trinajstić information content (AvgIpc) is 2.69. The number of nitrogens with two attached hydrogens (primary N) is 1. The van der Waals surface area contributed by atoms with Crippen LogP contribution in [-0.2, 0) is 11.2 Å². The van der Waals surface area contributed by atoms with Gasteiger partial charge in [0.2, 0.25) is 5.91 Å². The first-order valence-corrected chi connectivity index (χ1v) is 5.50. The fourth-order valence-corrected chi connectivity index (χ4v) is 2.06. The molecule has 1 aliphatic heterocycles. The summed E-state index contributed by atoms with van der Waals surface area (Å²) in [5.74, 6) is 0.115. The fourth-order valence-electron chi connectivity index (χ4n) is 2.06. The smallest absolute Gasteiger partial charge is 0.223 e. The number of rotatable bonds is 2. The lowest BCUT2D eigenvalue weighted by Gasteiger charge is -2.14. The third kappa shape index (κ3) is 1.99. The second kappa shape index (κ2) is 4.49. The van der Waals surface area contributed by atoms with E-state index >= 15 is 0 Å². The SMILES string of the molecule is CC(=O)N1CCc2cc(C=CCN)ccc21. The third-order valence-corrected chi connectivity index (χ3v) is 2.83. The molecule has 1 aliphatic rings. The maximum atomic E-state index is 11.4. The Morgan fingerprint density at radius 1 is 1.56 bits per heavy atom. The van der Waals surface area contributed by atoms with Gasteiger partial charge in [-0.2, -0.15) is 0 Å². The molecule has 16 heavy (non-hydrogen) atoms. The summed E-state index contributed by atoms with van der Waals surface area (Å²) in [5, 5.41) is 0. The summed E-state index contributed by atoms with van der Waals surface area (Å²) in [6.07, 6.45) is 4.88. The Hall–Kier alpha value is -1.61. The van der Waals surface area contributed by atoms with Crippen LogP contribution in [0.25, 0.3) is 6.08 Å². The maximum absolute atomic E-state index is 11.4. The van der Waals surface area contributed by atoms with Gasteiger partial charge in [0, 0.05) is 25.7 Å². The summed E-state index contributed by atoms with van der Waals surface area (Å²) < 4.78 is 0. The van der Waals surface area contributed by atoms with Crippen molar-refractivity contribution in [3.8, 4) is 0 Å². The van der Waals surface area contributed by atoms with Crippen LogP contribution in [-0.4, -0.2) is 19.0 Å². The normalized spacial score (nSPS) is 14.5. The highest BCUT2D eigenvalue weighted by Crippen LogP contribution is 2.29. The standard InChI is InChI=1S/C13H16N2O/c1-10(16)15-8-6-12-9-11(3-2-7-14)4-5-13(12)15/h2-5,9H,6-8,14H2,1H3. The van der Waals surface area contributed by atoms with Gasteiger partial charge in [-0.15, -0.1) is 0 Å². The van der Waals surface area contributed by atoms with Gasteiger partial charge in [0.15, 0.2) is 0 Å². The van der Waals surface area contributed by atoms with Crippen molar-refractivity contribution in [2.75, 3.05) is 18.0 Å². The van der Waals surface area contributed by atoms with Crippen LogP contribution in [0.1, 0.15) is 18.1 Å². The van der Waals surface area contributed by atoms with Crippen molar-refractivity contribution < 1.29 is 4.79 Å². The van der Waals surface area contributed by atoms with Crippen LogP contribution in [0.3, 0.4) is 0 Å². The van der Waals surface area contributed by atoms with Crippen molar-refractivity contribution in [2.24, 2.45) is 5.73 Å². The minimum absolute atomic E-state index is 0.115. The van der Waals surface area contributed by atoms with E-state index in [-0.39, 0.29) is 5.91 Å². The molecule has 0 bridgehead atoms. The Balaban J connectivity index is 2.29. The zero-order valence-electron chi connectivity index (χ0n) is 9.44. The molecule has 0 unspecified atom stereocenters. The first-order valence-electron chi connectivity index (χ1n) is 5.50. The predicted molar refractivity (Wildman–Crippen MR) is 66.3 cm³/mol. The third-order valence-electron chi connectivity index (χ3n) is 2.83. The number of carbonyl (C=O) groups excluding carboxylic acids is 1. The van der Waals surface area contributed by atoms with E-state index in [1.165, 1.54) is 5.56 Å². The monoisotopic (exact) mass is 216 g/mol. The molecule has 2 N–H and O–H groups in total. The molecular formula is C13H16N2O. The Bertz CT molecular complexity index is 438. The van der Waals surface area contributed by atoms with Crippen LogP contribution >= 0.6 is 0 Å². The van der Waals surface area contributed by atoms with Crippen molar-refractivity contribution in [3.63, 3.8) is 0 Å². The van der Waals surface area contributed by atoms with E-state index < -0.39 is 0 Å². The molecule has 1 aromatic rings. The molecule has 3 heteroatoms. The molecule has 0 saturated carbocycles. The number of fused-ring (bicyclic) bond motifs is 1. The first kappa shape index (κ1) is 10.9. The van der Waals surface area contributed by atoms with E-state index in [0.717, 1.165) is 24.2 Å². The van der Waals surface area contributed by atoms with E-state index in [1.807, 2.05) is 29.2 Å². The lowest BCUT2D eigenvalue weighted by molar-refractivity contribution is -0.116. The molecule has 0 aliphatic carbocycles. The van der Waals surface area contributed by atoms with Crippen LogP contribution in [0.2, 0.25) is 0 Å². The van der Waals surface area contributed by atoms with Crippen LogP contribution in [0, 0.1) is 0 Å². The molecular weight excluding hydrogens is 200 g/mol. The van der Waals surface area contributed by atoms with Crippen LogP contribution in [0.4, 0.5) is 5.69 Å². The van der Waals surface area contributed by atoms with E-state index in [9.17, 15) is 4.79 Å². The van der Waals surface area contributed by atoms with Crippen LogP contribution in [0.5, 0.6) is 0 Å². The van der Waals surface area contributed by atoms with E-state index in [1.54, 1.807) is 6.92 Å². The number of hydrogen-bond donors (Lipinski definition) is 1. The molecule has 0 radical (unpaired) electrons. The molecule has 0 spiro atoms. The quantitative estimate of drug-likeness (QED) is 0.815. The molecule has 2 rings (SSSR count). The van der Waals surface area contributed by atoms with Gasteiger partial charge in [-0.1, -0.05) is 18.2 Å². The lowest BCUT2D eigenvalue weighted by Crippen LogP contribution is -2.25. The molecule has 0 aromatic heterocycles. The summed E-state index contributed by atoms with van der Waals surface area (Å²) >= 11 is 0. The van der Waals surface area contributed by atoms with Crippen molar-refractivity contribution in [3.05, 3.63) is 35.4 Å². The largest absolute Gasteiger partial charge is 0.327 e. The van der Waals surface area contributed by atoms with Crippen LogP contribution in [0.15, 0.2) is 24.3 Å². The van der Waals surface area contributed by atoms with Crippen molar-refractivity contribution >= 4 is 17.7 Å². The van der Waals surface area contributed by atoms with Gasteiger partial charge in [0.25, 0.3) is 0 Å². The molecule has 84 valence electrons. The minimum atomic E-state index is 0.115. The van der Waals surface area contributed by atoms with Crippen LogP contribution < -0.4 is 10.6 Å². The van der Waals surface area contributed by atoms with Crippen molar-refractivity contribution in [1.29, 1.82) is 0 Å². The highest BCUT2D eigenvalue weighted by atomic mass is 16.2. The van der Waals surface area contributed by atoms with Gasteiger partial charge < -0.3 is 10.6 Å². The predicted octanol–water partition coefficient (Wildman–Crippen LogP) is 1.57. The van der Waals surface area contributed by atoms with E-state index in [0.29, 0.717) is 6.54 Å². The van der Waals surface area contributed by atoms with Crippen molar-refractivity contribution in [1.82, 2.24) is 0 Å². The number of nitrogens with zero attached hydrogens (tertiary/aromatic N) is 1. The molecule has 1 aromatic carbocycles. The molecule has 0 saturated heterocycles. The average molecular weight is 216 g/mol. The van der Waals surface area contributed by atoms with Gasteiger partial charge in [0.1, 0.15) is 0 Å². The van der Waals surface area contributed by atoms with E-state index in [4.69, 9.17) is 5.73 Å². The zero-order valence-corrected chi connectivity index (χ0v) is 9.44. The van der Waals surface area contributed by atoms with Gasteiger partial charge >= 0.3 is 0 Å². The number of benzene rings is 1. The Kier molecular flexibility index (Phi) is 3.06. The Labute approximate surface area is 95.6 Å². The minimum Gasteiger partial charge on any atom is -0.327 e. The molecule has 1 amide bonds. The Morgan fingerprint density at radius 2 is 2.38 bits per heavy atom. The first-order chi connectivity index (χ1) is 7.72. The molecule has 3 nitrogen and oxygen atoms in total. The van der Waals surface area contributed by atoms with Gasteiger partial charge in [-0.3, -0.25) is 4.79 Å². The highest BCUT2D eigenvalue weighted by Gasteiger charge is 2.21. The summed E-state index contributed by atoms with van der Waals surface area (Å²) in [6, 6.07) is 6.16. The number of hydrogen-bond acceptors (Lipinski definition) is 2. The summed E-state index contributed by atoms with van der Waals surface area (Å²) in [5.41, 5.74) is 8.86. The zero-order chi connectivity index (χ0) is 11.5. The molecule has 0 fully saturated rings. The Morgan fingerprint density at radius 3 is 3.06 bits per heavy atom. The summed E-state index contributed by atoms with van der Waals surface area (Å²) in [7, 11) is 0. The fraction of sp³-hybridized carbons (Fsp3) is 0.308. The molecule has 0 atom stereocenters. The topological polar surface area (TPSA) is 46.3 Å². The second-order valence-corrected chi connectivity index (χ2v) is 3.95. The summed E-state index contributed by atoms with van der Waals surface area (Å²) in [6.45, 7) is 2.96. The summed E-state index contributed by atoms with van der Waals surface area (Å²) in [4.78, 5) is 13.2. The number of amides is 1. The molecule has 1 heterocycles. The highest BCUT2D eigenvalue weighted by molar-refractivity contribution is 5.93. The van der Waals surface area contributed by atoms with Gasteiger partial charge in [-0.05, 0) is 29.7 Å². The van der Waals surface area contributed by atoms with Gasteiger partial charge in [0.05, 0.1) is 0 Å². The maximum Gasteiger partial charge on any atom is 0.223 e. The van der Waals surface area contributed by atoms with Gasteiger partial charge in [-0.25, -0.2) is 0 Å². The lowest BCUT2D eigenvalue weighted by atomic mass is 10.1. The van der Waals surface area contributed by atoms with E-state index in [2.05, 4.69) is 6.07 Å².